The van der Waals surface area contributed by atoms with E-state index in [2.05, 4.69) is 15.5 Å². The van der Waals surface area contributed by atoms with Crippen LogP contribution in [0.4, 0.5) is 0 Å². The Morgan fingerprint density at radius 2 is 2.35 bits per heavy atom. The Kier molecular flexibility index (Phi) is 3.63. The van der Waals surface area contributed by atoms with Crippen molar-refractivity contribution in [3.05, 3.63) is 11.7 Å². The van der Waals surface area contributed by atoms with Crippen molar-refractivity contribution in [3.63, 3.8) is 0 Å². The number of hydrogen-bond acceptors (Lipinski definition) is 6. The first-order valence-corrected chi connectivity index (χ1v) is 7.35. The maximum atomic E-state index is 5.64. The fourth-order valence-electron chi connectivity index (χ4n) is 2.22. The van der Waals surface area contributed by atoms with Gasteiger partial charge in [0, 0.05) is 11.5 Å². The van der Waals surface area contributed by atoms with Gasteiger partial charge in [0.2, 0.25) is 11.7 Å². The van der Waals surface area contributed by atoms with Gasteiger partial charge in [-0.05, 0) is 19.4 Å². The fraction of sp³-hybridized carbons (Fsp3) is 0.818. The van der Waals surface area contributed by atoms with Crippen molar-refractivity contribution in [1.29, 1.82) is 0 Å². The Morgan fingerprint density at radius 3 is 3.12 bits per heavy atom. The predicted octanol–water partition coefficient (Wildman–Crippen LogP) is 1.69. The number of ether oxygens (including phenoxy) is 1. The average Bonchev–Trinajstić information content (AvgIpc) is 2.90. The summed E-state index contributed by atoms with van der Waals surface area (Å²) in [5.74, 6) is 3.42. The van der Waals surface area contributed by atoms with Crippen molar-refractivity contribution in [1.82, 2.24) is 15.5 Å². The normalized spacial score (nSPS) is 30.4. The van der Waals surface area contributed by atoms with Crippen LogP contribution in [0.25, 0.3) is 0 Å². The third kappa shape index (κ3) is 2.64. The molecule has 1 aromatic rings. The molecular formula is C11H17N3O2S. The number of hydrogen-bond donors (Lipinski definition) is 1. The number of rotatable bonds is 2. The minimum atomic E-state index is 0.00911. The highest BCUT2D eigenvalue weighted by Gasteiger charge is 2.25. The molecule has 3 rings (SSSR count). The van der Waals surface area contributed by atoms with Crippen LogP contribution in [-0.4, -0.2) is 34.8 Å². The second kappa shape index (κ2) is 5.37. The number of aromatic nitrogens is 2. The van der Waals surface area contributed by atoms with Gasteiger partial charge in [0.15, 0.2) is 0 Å². The number of thioether (sulfide) groups is 1. The van der Waals surface area contributed by atoms with Gasteiger partial charge in [0.05, 0.1) is 12.6 Å². The van der Waals surface area contributed by atoms with Crippen LogP contribution in [0.5, 0.6) is 0 Å². The van der Waals surface area contributed by atoms with Crippen molar-refractivity contribution in [2.75, 3.05) is 24.7 Å². The molecule has 0 radical (unpaired) electrons. The molecule has 17 heavy (non-hydrogen) atoms. The van der Waals surface area contributed by atoms with E-state index in [4.69, 9.17) is 9.26 Å². The largest absolute Gasteiger partial charge is 0.368 e. The SMILES string of the molecule is C1CC[C@@H](c2nc(C3CSCCO3)no2)NC1. The third-order valence-electron chi connectivity index (χ3n) is 3.17. The molecular weight excluding hydrogens is 238 g/mol. The molecule has 3 heterocycles. The zero-order valence-corrected chi connectivity index (χ0v) is 10.5. The van der Waals surface area contributed by atoms with Gasteiger partial charge in [-0.15, -0.1) is 0 Å². The van der Waals surface area contributed by atoms with Crippen LogP contribution in [0.1, 0.15) is 43.1 Å². The zero-order valence-electron chi connectivity index (χ0n) is 9.72. The van der Waals surface area contributed by atoms with Gasteiger partial charge in [-0.1, -0.05) is 11.6 Å². The monoisotopic (exact) mass is 255 g/mol. The van der Waals surface area contributed by atoms with E-state index in [0.717, 1.165) is 37.0 Å². The molecule has 2 saturated heterocycles. The maximum Gasteiger partial charge on any atom is 0.243 e. The van der Waals surface area contributed by atoms with Gasteiger partial charge in [0.1, 0.15) is 6.10 Å². The average molecular weight is 255 g/mol. The van der Waals surface area contributed by atoms with Gasteiger partial charge in [0.25, 0.3) is 0 Å². The van der Waals surface area contributed by atoms with Gasteiger partial charge in [-0.3, -0.25) is 0 Å². The van der Waals surface area contributed by atoms with Crippen LogP contribution in [0.15, 0.2) is 4.52 Å². The van der Waals surface area contributed by atoms with Crippen molar-refractivity contribution in [2.45, 2.75) is 31.4 Å². The quantitative estimate of drug-likeness (QED) is 0.867. The minimum Gasteiger partial charge on any atom is -0.368 e. The molecule has 1 aromatic heterocycles. The first-order chi connectivity index (χ1) is 8.43. The highest BCUT2D eigenvalue weighted by atomic mass is 32.2. The van der Waals surface area contributed by atoms with Crippen molar-refractivity contribution < 1.29 is 9.26 Å². The first-order valence-electron chi connectivity index (χ1n) is 6.20. The third-order valence-corrected chi connectivity index (χ3v) is 4.16. The molecule has 0 spiro atoms. The second-order valence-electron chi connectivity index (χ2n) is 4.43. The lowest BCUT2D eigenvalue weighted by atomic mass is 10.1. The molecule has 2 fully saturated rings. The minimum absolute atomic E-state index is 0.00911. The van der Waals surface area contributed by atoms with E-state index in [1.165, 1.54) is 12.8 Å². The van der Waals surface area contributed by atoms with E-state index in [1.807, 2.05) is 11.8 Å². The molecule has 5 nitrogen and oxygen atoms in total. The summed E-state index contributed by atoms with van der Waals surface area (Å²) >= 11 is 1.88. The van der Waals surface area contributed by atoms with Crippen molar-refractivity contribution >= 4 is 11.8 Å². The highest BCUT2D eigenvalue weighted by molar-refractivity contribution is 7.99. The molecule has 2 aliphatic heterocycles. The Balaban J connectivity index is 1.68. The van der Waals surface area contributed by atoms with Gasteiger partial charge in [-0.25, -0.2) is 0 Å². The van der Waals surface area contributed by atoms with Gasteiger partial charge >= 0.3 is 0 Å². The second-order valence-corrected chi connectivity index (χ2v) is 5.58. The molecule has 0 aromatic carbocycles. The van der Waals surface area contributed by atoms with E-state index in [1.54, 1.807) is 0 Å². The topological polar surface area (TPSA) is 60.2 Å². The predicted molar refractivity (Wildman–Crippen MR) is 64.9 cm³/mol. The molecule has 94 valence electrons. The van der Waals surface area contributed by atoms with Gasteiger partial charge < -0.3 is 14.6 Å². The molecule has 1 N–H and O–H groups in total. The smallest absolute Gasteiger partial charge is 0.243 e. The Hall–Kier alpha value is -0.590. The summed E-state index contributed by atoms with van der Waals surface area (Å²) in [4.78, 5) is 4.48. The molecule has 0 bridgehead atoms. The number of nitrogens with one attached hydrogen (secondary N) is 1. The molecule has 2 aliphatic rings. The maximum absolute atomic E-state index is 5.64. The van der Waals surface area contributed by atoms with Crippen LogP contribution < -0.4 is 5.32 Å². The van der Waals surface area contributed by atoms with E-state index in [-0.39, 0.29) is 12.1 Å². The summed E-state index contributed by atoms with van der Waals surface area (Å²) in [6, 6.07) is 0.237. The number of piperidine rings is 1. The van der Waals surface area contributed by atoms with Gasteiger partial charge in [-0.2, -0.15) is 16.7 Å². The van der Waals surface area contributed by atoms with E-state index < -0.39 is 0 Å². The standard InChI is InChI=1S/C11H17N3O2S/c1-2-4-12-8(3-1)11-13-10(14-16-11)9-7-17-6-5-15-9/h8-9,12H,1-7H2/t8-,9?/m0/s1. The first kappa shape index (κ1) is 11.5. The lowest BCUT2D eigenvalue weighted by Gasteiger charge is -2.20. The Labute approximate surface area is 105 Å². The molecule has 0 aliphatic carbocycles. The molecule has 6 heteroatoms. The van der Waals surface area contributed by atoms with Crippen molar-refractivity contribution in [2.24, 2.45) is 0 Å². The summed E-state index contributed by atoms with van der Waals surface area (Å²) in [5.41, 5.74) is 0. The Bertz CT molecular complexity index is 327. The fourth-order valence-corrected chi connectivity index (χ4v) is 3.06. The summed E-state index contributed by atoms with van der Waals surface area (Å²) in [6.45, 7) is 1.82. The lowest BCUT2D eigenvalue weighted by molar-refractivity contribution is 0.0677. The van der Waals surface area contributed by atoms with Crippen LogP contribution in [0.2, 0.25) is 0 Å². The lowest BCUT2D eigenvalue weighted by Crippen LogP contribution is -2.27. The van der Waals surface area contributed by atoms with Crippen LogP contribution in [0, 0.1) is 0 Å². The summed E-state index contributed by atoms with van der Waals surface area (Å²) < 4.78 is 11.0. The molecule has 1 unspecified atom stereocenters. The highest BCUT2D eigenvalue weighted by Crippen LogP contribution is 2.27. The Morgan fingerprint density at radius 1 is 1.35 bits per heavy atom. The van der Waals surface area contributed by atoms with Crippen LogP contribution >= 0.6 is 11.8 Å². The van der Waals surface area contributed by atoms with Crippen molar-refractivity contribution in [3.8, 4) is 0 Å². The van der Waals surface area contributed by atoms with Crippen LogP contribution in [0.3, 0.4) is 0 Å². The molecule has 0 amide bonds. The van der Waals surface area contributed by atoms with E-state index in [0.29, 0.717) is 5.82 Å². The molecule has 2 atom stereocenters. The molecule has 0 saturated carbocycles. The summed E-state index contributed by atoms with van der Waals surface area (Å²) in [6.07, 6.45) is 3.56. The summed E-state index contributed by atoms with van der Waals surface area (Å²) in [7, 11) is 0. The zero-order chi connectivity index (χ0) is 11.5. The van der Waals surface area contributed by atoms with E-state index in [9.17, 15) is 0 Å². The number of nitrogens with zero attached hydrogens (tertiary/aromatic N) is 2. The van der Waals surface area contributed by atoms with Crippen LogP contribution in [-0.2, 0) is 4.74 Å². The van der Waals surface area contributed by atoms with E-state index >= 15 is 0 Å². The summed E-state index contributed by atoms with van der Waals surface area (Å²) in [5, 5.41) is 7.46.